The number of hydrogen-bond donors (Lipinski definition) is 1. The summed E-state index contributed by atoms with van der Waals surface area (Å²) in [6.45, 7) is 0. The summed E-state index contributed by atoms with van der Waals surface area (Å²) in [6, 6.07) is 13.9. The number of anilines is 1. The molecule has 6 nitrogen and oxygen atoms in total. The number of aryl methyl sites for hydroxylation is 1. The molecule has 3 aromatic rings. The topological polar surface area (TPSA) is 79.4 Å². The van der Waals surface area contributed by atoms with Crippen LogP contribution in [0.4, 0.5) is 5.69 Å². The zero-order valence-electron chi connectivity index (χ0n) is 15.8. The van der Waals surface area contributed by atoms with Gasteiger partial charge in [-0.25, -0.2) is 12.7 Å². The first kappa shape index (κ1) is 18.6. The number of carbonyl (C=O) groups is 1. The van der Waals surface area contributed by atoms with Crippen molar-refractivity contribution in [2.24, 2.45) is 0 Å². The molecule has 0 saturated heterocycles. The van der Waals surface area contributed by atoms with Crippen LogP contribution < -0.4 is 5.32 Å². The molecule has 1 amide bonds. The Hall–Kier alpha value is -2.77. The van der Waals surface area contributed by atoms with E-state index >= 15 is 0 Å². The van der Waals surface area contributed by atoms with E-state index in [2.05, 4.69) is 5.32 Å². The minimum atomic E-state index is -3.57. The largest absolute Gasteiger partial charge is 0.322 e. The average molecular weight is 395 g/mol. The van der Waals surface area contributed by atoms with Crippen molar-refractivity contribution in [3.05, 3.63) is 65.4 Å². The third kappa shape index (κ3) is 3.16. The number of carbonyl (C=O) groups excluding carboxylic acids is 1. The van der Waals surface area contributed by atoms with Crippen LogP contribution in [0.1, 0.15) is 28.0 Å². The zero-order valence-corrected chi connectivity index (χ0v) is 16.6. The van der Waals surface area contributed by atoms with Crippen molar-refractivity contribution in [2.75, 3.05) is 19.4 Å². The van der Waals surface area contributed by atoms with E-state index in [-0.39, 0.29) is 10.8 Å². The summed E-state index contributed by atoms with van der Waals surface area (Å²) in [5, 5.41) is 3.70. The van der Waals surface area contributed by atoms with Crippen molar-refractivity contribution in [1.29, 1.82) is 0 Å². The van der Waals surface area contributed by atoms with Crippen molar-refractivity contribution in [3.63, 3.8) is 0 Å². The molecule has 0 spiro atoms. The lowest BCUT2D eigenvalue weighted by molar-refractivity contribution is 0.102. The second kappa shape index (κ2) is 7.00. The molecule has 0 fully saturated rings. The van der Waals surface area contributed by atoms with E-state index in [1.54, 1.807) is 12.1 Å². The summed E-state index contributed by atoms with van der Waals surface area (Å²) in [7, 11) is -0.614. The molecule has 28 heavy (non-hydrogen) atoms. The standard InChI is InChI=1S/C21H21N3O3S/c1-24(2)28(26,27)15-8-5-7-14(13-15)22-21(25)20-16-9-3-4-11-18(16)23-19-12-6-10-17(19)20/h3-5,7-9,11,13H,6,10,12H2,1-2H3,(H,22,25). The Morgan fingerprint density at radius 2 is 1.86 bits per heavy atom. The molecule has 1 N–H and O–H groups in total. The lowest BCUT2D eigenvalue weighted by atomic mass is 10.0. The van der Waals surface area contributed by atoms with Crippen molar-refractivity contribution in [3.8, 4) is 0 Å². The van der Waals surface area contributed by atoms with Crippen LogP contribution in [0.25, 0.3) is 10.9 Å². The number of nitrogens with zero attached hydrogens (tertiary/aromatic N) is 2. The van der Waals surface area contributed by atoms with E-state index in [0.29, 0.717) is 11.3 Å². The summed E-state index contributed by atoms with van der Waals surface area (Å²) < 4.78 is 25.9. The van der Waals surface area contributed by atoms with Crippen molar-refractivity contribution in [2.45, 2.75) is 24.2 Å². The van der Waals surface area contributed by atoms with Gasteiger partial charge < -0.3 is 5.32 Å². The van der Waals surface area contributed by atoms with Gasteiger partial charge in [-0.3, -0.25) is 9.78 Å². The summed E-state index contributed by atoms with van der Waals surface area (Å²) in [6.07, 6.45) is 2.68. The molecule has 0 aliphatic heterocycles. The molecule has 1 aliphatic rings. The third-order valence-corrected chi connectivity index (χ3v) is 6.83. The predicted molar refractivity (Wildman–Crippen MR) is 109 cm³/mol. The fourth-order valence-corrected chi connectivity index (χ4v) is 4.56. The van der Waals surface area contributed by atoms with Crippen LogP contribution in [-0.4, -0.2) is 37.7 Å². The quantitative estimate of drug-likeness (QED) is 0.736. The third-order valence-electron chi connectivity index (χ3n) is 5.02. The number of amides is 1. The molecule has 0 unspecified atom stereocenters. The molecular formula is C21H21N3O3S. The molecule has 0 atom stereocenters. The molecule has 1 heterocycles. The number of aromatic nitrogens is 1. The molecule has 0 radical (unpaired) electrons. The minimum absolute atomic E-state index is 0.139. The normalized spacial score (nSPS) is 13.7. The Bertz CT molecular complexity index is 1190. The van der Waals surface area contributed by atoms with Gasteiger partial charge in [-0.1, -0.05) is 24.3 Å². The van der Waals surface area contributed by atoms with Gasteiger partial charge in [0, 0.05) is 30.9 Å². The highest BCUT2D eigenvalue weighted by atomic mass is 32.2. The fraction of sp³-hybridized carbons (Fsp3) is 0.238. The second-order valence-corrected chi connectivity index (χ2v) is 9.20. The number of fused-ring (bicyclic) bond motifs is 2. The molecule has 4 rings (SSSR count). The second-order valence-electron chi connectivity index (χ2n) is 7.05. The maximum Gasteiger partial charge on any atom is 0.256 e. The van der Waals surface area contributed by atoms with Gasteiger partial charge >= 0.3 is 0 Å². The number of rotatable bonds is 4. The van der Waals surface area contributed by atoms with E-state index in [4.69, 9.17) is 4.98 Å². The summed E-state index contributed by atoms with van der Waals surface area (Å²) in [5.74, 6) is -0.240. The first-order valence-corrected chi connectivity index (χ1v) is 10.6. The van der Waals surface area contributed by atoms with Crippen molar-refractivity contribution < 1.29 is 13.2 Å². The molecule has 7 heteroatoms. The van der Waals surface area contributed by atoms with Crippen LogP contribution in [0.15, 0.2) is 53.4 Å². The highest BCUT2D eigenvalue weighted by Gasteiger charge is 2.24. The average Bonchev–Trinajstić information content (AvgIpc) is 3.13. The Balaban J connectivity index is 1.75. The van der Waals surface area contributed by atoms with Gasteiger partial charge in [0.25, 0.3) is 5.91 Å². The number of para-hydroxylation sites is 1. The molecule has 0 bridgehead atoms. The summed E-state index contributed by atoms with van der Waals surface area (Å²) >= 11 is 0. The van der Waals surface area contributed by atoms with Gasteiger partial charge in [0.2, 0.25) is 10.0 Å². The Labute approximate surface area is 164 Å². The number of pyridine rings is 1. The van der Waals surface area contributed by atoms with Crippen molar-refractivity contribution in [1.82, 2.24) is 9.29 Å². The predicted octanol–water partition coefficient (Wildman–Crippen LogP) is 3.23. The molecule has 0 saturated carbocycles. The van der Waals surface area contributed by atoms with Gasteiger partial charge in [0.05, 0.1) is 16.0 Å². The van der Waals surface area contributed by atoms with Crippen LogP contribution in [0.3, 0.4) is 0 Å². The zero-order chi connectivity index (χ0) is 19.9. The maximum atomic E-state index is 13.2. The number of hydrogen-bond acceptors (Lipinski definition) is 4. The van der Waals surface area contributed by atoms with Crippen LogP contribution in [0.5, 0.6) is 0 Å². The Morgan fingerprint density at radius 1 is 1.07 bits per heavy atom. The van der Waals surface area contributed by atoms with Crippen LogP contribution in [0.2, 0.25) is 0 Å². The van der Waals surface area contributed by atoms with Crippen LogP contribution in [0, 0.1) is 0 Å². The van der Waals surface area contributed by atoms with E-state index in [1.165, 1.54) is 26.2 Å². The highest BCUT2D eigenvalue weighted by molar-refractivity contribution is 7.89. The number of sulfonamides is 1. The van der Waals surface area contributed by atoms with Gasteiger partial charge in [-0.15, -0.1) is 0 Å². The first-order valence-electron chi connectivity index (χ1n) is 9.12. The Morgan fingerprint density at radius 3 is 2.64 bits per heavy atom. The lowest BCUT2D eigenvalue weighted by Crippen LogP contribution is -2.22. The SMILES string of the molecule is CN(C)S(=O)(=O)c1cccc(NC(=O)c2c3c(nc4ccccc24)CCC3)c1. The first-order chi connectivity index (χ1) is 13.4. The lowest BCUT2D eigenvalue weighted by Gasteiger charge is -2.14. The number of benzene rings is 2. The molecular weight excluding hydrogens is 374 g/mol. The highest BCUT2D eigenvalue weighted by Crippen LogP contribution is 2.30. The van der Waals surface area contributed by atoms with Crippen LogP contribution in [-0.2, 0) is 22.9 Å². The molecule has 1 aromatic heterocycles. The maximum absolute atomic E-state index is 13.2. The van der Waals surface area contributed by atoms with Crippen molar-refractivity contribution >= 4 is 32.5 Å². The van der Waals surface area contributed by atoms with E-state index in [1.807, 2.05) is 24.3 Å². The van der Waals surface area contributed by atoms with Gasteiger partial charge in [-0.2, -0.15) is 0 Å². The van der Waals surface area contributed by atoms with Gasteiger partial charge in [0.1, 0.15) is 0 Å². The van der Waals surface area contributed by atoms with Gasteiger partial charge in [-0.05, 0) is 49.1 Å². The number of nitrogens with one attached hydrogen (secondary N) is 1. The smallest absolute Gasteiger partial charge is 0.256 e. The van der Waals surface area contributed by atoms with Gasteiger partial charge in [0.15, 0.2) is 0 Å². The monoisotopic (exact) mass is 395 g/mol. The van der Waals surface area contributed by atoms with E-state index in [0.717, 1.165) is 45.7 Å². The minimum Gasteiger partial charge on any atom is -0.322 e. The summed E-state index contributed by atoms with van der Waals surface area (Å²) in [4.78, 5) is 18.0. The summed E-state index contributed by atoms with van der Waals surface area (Å²) in [5.41, 5.74) is 3.86. The molecule has 144 valence electrons. The molecule has 1 aliphatic carbocycles. The molecule has 2 aromatic carbocycles. The Kier molecular flexibility index (Phi) is 4.64. The van der Waals surface area contributed by atoms with E-state index < -0.39 is 10.0 Å². The van der Waals surface area contributed by atoms with E-state index in [9.17, 15) is 13.2 Å². The fourth-order valence-electron chi connectivity index (χ4n) is 3.61. The van der Waals surface area contributed by atoms with Crippen LogP contribution >= 0.6 is 0 Å².